The first-order chi connectivity index (χ1) is 9.89. The summed E-state index contributed by atoms with van der Waals surface area (Å²) < 4.78 is 5.04. The average molecular weight is 294 g/mol. The molecule has 2 amide bonds. The Labute approximate surface area is 124 Å². The Balaban J connectivity index is 1.90. The monoisotopic (exact) mass is 294 g/mol. The molecular formula is C15H22N2O4. The van der Waals surface area contributed by atoms with Gasteiger partial charge in [0, 0.05) is 20.1 Å². The predicted molar refractivity (Wildman–Crippen MR) is 76.7 cm³/mol. The lowest BCUT2D eigenvalue weighted by Crippen LogP contribution is -2.42. The molecule has 2 heterocycles. The SMILES string of the molecule is CN(CC(=O)N1CCCC(C)(O)CC1)C(=O)c1ccco1. The first kappa shape index (κ1) is 15.6. The molecule has 1 aliphatic rings. The van der Waals surface area contributed by atoms with Crippen molar-refractivity contribution in [2.75, 3.05) is 26.7 Å². The maximum absolute atomic E-state index is 12.3. The van der Waals surface area contributed by atoms with Gasteiger partial charge < -0.3 is 19.3 Å². The second-order valence-electron chi connectivity index (χ2n) is 5.87. The van der Waals surface area contributed by atoms with Gasteiger partial charge in [0.15, 0.2) is 5.76 Å². The van der Waals surface area contributed by atoms with Gasteiger partial charge in [-0.1, -0.05) is 0 Å². The van der Waals surface area contributed by atoms with Crippen molar-refractivity contribution >= 4 is 11.8 Å². The van der Waals surface area contributed by atoms with E-state index in [0.29, 0.717) is 25.9 Å². The van der Waals surface area contributed by atoms with Crippen LogP contribution in [0.25, 0.3) is 0 Å². The Morgan fingerprint density at radius 1 is 1.43 bits per heavy atom. The number of carbonyl (C=O) groups excluding carboxylic acids is 2. The van der Waals surface area contributed by atoms with E-state index in [2.05, 4.69) is 0 Å². The highest BCUT2D eigenvalue weighted by Crippen LogP contribution is 2.21. The molecule has 1 fully saturated rings. The van der Waals surface area contributed by atoms with Gasteiger partial charge in [-0.15, -0.1) is 0 Å². The smallest absolute Gasteiger partial charge is 0.289 e. The highest BCUT2D eigenvalue weighted by molar-refractivity contribution is 5.94. The summed E-state index contributed by atoms with van der Waals surface area (Å²) in [6.45, 7) is 2.96. The predicted octanol–water partition coefficient (Wildman–Crippen LogP) is 1.12. The van der Waals surface area contributed by atoms with Crippen LogP contribution in [0.3, 0.4) is 0 Å². The first-order valence-corrected chi connectivity index (χ1v) is 7.18. The minimum Gasteiger partial charge on any atom is -0.459 e. The Morgan fingerprint density at radius 3 is 2.86 bits per heavy atom. The highest BCUT2D eigenvalue weighted by atomic mass is 16.3. The summed E-state index contributed by atoms with van der Waals surface area (Å²) in [6, 6.07) is 3.21. The van der Waals surface area contributed by atoms with Crippen LogP contribution in [0.1, 0.15) is 36.7 Å². The van der Waals surface area contributed by atoms with Crippen LogP contribution >= 0.6 is 0 Å². The topological polar surface area (TPSA) is 74.0 Å². The molecule has 21 heavy (non-hydrogen) atoms. The van der Waals surface area contributed by atoms with Gasteiger partial charge in [-0.3, -0.25) is 9.59 Å². The van der Waals surface area contributed by atoms with Crippen LogP contribution in [0.4, 0.5) is 0 Å². The number of carbonyl (C=O) groups is 2. The van der Waals surface area contributed by atoms with Crippen molar-refractivity contribution < 1.29 is 19.1 Å². The van der Waals surface area contributed by atoms with Crippen molar-refractivity contribution in [3.8, 4) is 0 Å². The van der Waals surface area contributed by atoms with E-state index in [-0.39, 0.29) is 24.1 Å². The number of aliphatic hydroxyl groups is 1. The Hall–Kier alpha value is -1.82. The van der Waals surface area contributed by atoms with E-state index in [1.807, 2.05) is 0 Å². The van der Waals surface area contributed by atoms with Crippen LogP contribution in [0.2, 0.25) is 0 Å². The number of likely N-dealkylation sites (N-methyl/N-ethyl adjacent to an activating group) is 1. The van der Waals surface area contributed by atoms with E-state index in [4.69, 9.17) is 4.42 Å². The zero-order valence-corrected chi connectivity index (χ0v) is 12.5. The van der Waals surface area contributed by atoms with E-state index in [1.54, 1.807) is 31.0 Å². The quantitative estimate of drug-likeness (QED) is 0.906. The molecule has 116 valence electrons. The third kappa shape index (κ3) is 4.07. The molecule has 1 atom stereocenters. The molecule has 1 aromatic heterocycles. The van der Waals surface area contributed by atoms with E-state index in [1.165, 1.54) is 11.2 Å². The third-order valence-electron chi connectivity index (χ3n) is 3.87. The molecule has 0 aromatic carbocycles. The largest absolute Gasteiger partial charge is 0.459 e. The summed E-state index contributed by atoms with van der Waals surface area (Å²) >= 11 is 0. The van der Waals surface area contributed by atoms with Crippen LogP contribution in [0.5, 0.6) is 0 Å². The number of likely N-dealkylation sites (tertiary alicyclic amines) is 1. The molecule has 1 unspecified atom stereocenters. The van der Waals surface area contributed by atoms with Crippen molar-refractivity contribution in [3.63, 3.8) is 0 Å². The lowest BCUT2D eigenvalue weighted by Gasteiger charge is -2.24. The molecule has 1 aromatic rings. The summed E-state index contributed by atoms with van der Waals surface area (Å²) in [7, 11) is 1.58. The molecule has 0 saturated carbocycles. The summed E-state index contributed by atoms with van der Waals surface area (Å²) in [5.74, 6) is -0.186. The molecule has 0 radical (unpaired) electrons. The van der Waals surface area contributed by atoms with Gasteiger partial charge in [0.1, 0.15) is 0 Å². The third-order valence-corrected chi connectivity index (χ3v) is 3.87. The number of amides is 2. The average Bonchev–Trinajstić information content (AvgIpc) is 2.89. The van der Waals surface area contributed by atoms with Crippen molar-refractivity contribution in [1.29, 1.82) is 0 Å². The molecule has 0 spiro atoms. The van der Waals surface area contributed by atoms with Crippen molar-refractivity contribution in [2.24, 2.45) is 0 Å². The van der Waals surface area contributed by atoms with Crippen molar-refractivity contribution in [2.45, 2.75) is 31.8 Å². The molecule has 6 heteroatoms. The van der Waals surface area contributed by atoms with Crippen LogP contribution < -0.4 is 0 Å². The molecule has 0 bridgehead atoms. The van der Waals surface area contributed by atoms with Crippen LogP contribution in [-0.2, 0) is 4.79 Å². The van der Waals surface area contributed by atoms with Gasteiger partial charge >= 0.3 is 0 Å². The molecule has 1 aliphatic heterocycles. The summed E-state index contributed by atoms with van der Waals surface area (Å²) in [4.78, 5) is 27.3. The van der Waals surface area contributed by atoms with Crippen molar-refractivity contribution in [3.05, 3.63) is 24.2 Å². The number of hydrogen-bond donors (Lipinski definition) is 1. The molecule has 1 saturated heterocycles. The molecule has 1 N–H and O–H groups in total. The molecule has 6 nitrogen and oxygen atoms in total. The Bertz CT molecular complexity index is 496. The van der Waals surface area contributed by atoms with Gasteiger partial charge in [0.25, 0.3) is 5.91 Å². The van der Waals surface area contributed by atoms with Gasteiger partial charge in [-0.2, -0.15) is 0 Å². The maximum atomic E-state index is 12.3. The molecule has 2 rings (SSSR count). The summed E-state index contributed by atoms with van der Waals surface area (Å²) in [5.41, 5.74) is -0.703. The number of rotatable bonds is 3. The Kier molecular flexibility index (Phi) is 4.67. The number of hydrogen-bond acceptors (Lipinski definition) is 4. The van der Waals surface area contributed by atoms with E-state index in [0.717, 1.165) is 6.42 Å². The first-order valence-electron chi connectivity index (χ1n) is 7.18. The summed E-state index contributed by atoms with van der Waals surface area (Å²) in [5, 5.41) is 10.0. The van der Waals surface area contributed by atoms with Gasteiger partial charge in [0.2, 0.25) is 5.91 Å². The van der Waals surface area contributed by atoms with Crippen LogP contribution in [-0.4, -0.2) is 59.0 Å². The van der Waals surface area contributed by atoms with Crippen molar-refractivity contribution in [1.82, 2.24) is 9.80 Å². The normalized spacial score (nSPS) is 22.7. The van der Waals surface area contributed by atoms with Crippen LogP contribution in [0.15, 0.2) is 22.8 Å². The van der Waals surface area contributed by atoms with E-state index < -0.39 is 5.60 Å². The van der Waals surface area contributed by atoms with Gasteiger partial charge in [0.05, 0.1) is 18.4 Å². The second kappa shape index (κ2) is 6.30. The molecular weight excluding hydrogens is 272 g/mol. The number of furan rings is 1. The molecule has 0 aliphatic carbocycles. The Morgan fingerprint density at radius 2 is 2.19 bits per heavy atom. The fourth-order valence-electron chi connectivity index (χ4n) is 2.48. The zero-order valence-electron chi connectivity index (χ0n) is 12.5. The zero-order chi connectivity index (χ0) is 15.5. The van der Waals surface area contributed by atoms with Crippen LogP contribution in [0, 0.1) is 0 Å². The fourth-order valence-corrected chi connectivity index (χ4v) is 2.48. The second-order valence-corrected chi connectivity index (χ2v) is 5.87. The fraction of sp³-hybridized carbons (Fsp3) is 0.600. The van der Waals surface area contributed by atoms with Gasteiger partial charge in [-0.05, 0) is 38.3 Å². The lowest BCUT2D eigenvalue weighted by molar-refractivity contribution is -0.131. The van der Waals surface area contributed by atoms with E-state index >= 15 is 0 Å². The maximum Gasteiger partial charge on any atom is 0.289 e. The summed E-state index contributed by atoms with van der Waals surface area (Å²) in [6.07, 6.45) is 3.46. The minimum absolute atomic E-state index is 0.0156. The lowest BCUT2D eigenvalue weighted by atomic mass is 9.98. The minimum atomic E-state index is -0.703. The van der Waals surface area contributed by atoms with E-state index in [9.17, 15) is 14.7 Å². The highest BCUT2D eigenvalue weighted by Gasteiger charge is 2.28. The standard InChI is InChI=1S/C15H22N2O4/c1-15(20)6-4-8-17(9-7-15)13(18)11-16(2)14(19)12-5-3-10-21-12/h3,5,10,20H,4,6-9,11H2,1-2H3. The number of nitrogens with zero attached hydrogens (tertiary/aromatic N) is 2. The van der Waals surface area contributed by atoms with Gasteiger partial charge in [-0.25, -0.2) is 0 Å².